The van der Waals surface area contributed by atoms with Gasteiger partial charge in [-0.2, -0.15) is 5.26 Å². The topological polar surface area (TPSA) is 79.2 Å². The van der Waals surface area contributed by atoms with E-state index in [4.69, 9.17) is 4.74 Å². The molecule has 5 nitrogen and oxygen atoms in total. The Morgan fingerprint density at radius 1 is 1.19 bits per heavy atom. The molecule has 0 heterocycles. The maximum Gasteiger partial charge on any atom is 0.308 e. The molecule has 0 spiro atoms. The van der Waals surface area contributed by atoms with E-state index in [1.54, 1.807) is 12.1 Å². The number of rotatable bonds is 5. The van der Waals surface area contributed by atoms with Crippen molar-refractivity contribution in [2.75, 3.05) is 0 Å². The zero-order valence-electron chi connectivity index (χ0n) is 13.8. The number of ether oxygens (including phenoxy) is 1. The van der Waals surface area contributed by atoms with Crippen molar-refractivity contribution in [2.45, 2.75) is 13.5 Å². The van der Waals surface area contributed by atoms with Crippen LogP contribution >= 0.6 is 31.9 Å². The monoisotopic (exact) mass is 476 g/mol. The van der Waals surface area contributed by atoms with Gasteiger partial charge in [0.15, 0.2) is 5.75 Å². The van der Waals surface area contributed by atoms with Crippen LogP contribution in [-0.2, 0) is 16.1 Å². The second kappa shape index (κ2) is 9.32. The second-order valence-corrected chi connectivity index (χ2v) is 6.95. The molecule has 0 saturated carbocycles. The Kier molecular flexibility index (Phi) is 7.13. The van der Waals surface area contributed by atoms with Crippen LogP contribution in [0, 0.1) is 11.3 Å². The lowest BCUT2D eigenvalue weighted by Gasteiger charge is -2.09. The van der Waals surface area contributed by atoms with Crippen molar-refractivity contribution >= 4 is 49.8 Å². The number of amides is 1. The molecule has 2 rings (SSSR count). The van der Waals surface area contributed by atoms with Crippen molar-refractivity contribution in [1.29, 1.82) is 5.26 Å². The summed E-state index contributed by atoms with van der Waals surface area (Å²) in [5.74, 6) is -0.581. The van der Waals surface area contributed by atoms with Gasteiger partial charge in [-0.3, -0.25) is 9.59 Å². The van der Waals surface area contributed by atoms with Gasteiger partial charge in [-0.1, -0.05) is 30.3 Å². The lowest BCUT2D eigenvalue weighted by atomic mass is 10.1. The van der Waals surface area contributed by atoms with Gasteiger partial charge in [0.05, 0.1) is 8.95 Å². The molecular formula is C19H14Br2N2O3. The summed E-state index contributed by atoms with van der Waals surface area (Å²) in [6.45, 7) is 1.63. The van der Waals surface area contributed by atoms with Crippen molar-refractivity contribution in [3.05, 3.63) is 68.1 Å². The van der Waals surface area contributed by atoms with E-state index in [0.717, 1.165) is 5.56 Å². The molecule has 0 bridgehead atoms. The van der Waals surface area contributed by atoms with Crippen LogP contribution in [0.2, 0.25) is 0 Å². The average Bonchev–Trinajstić information content (AvgIpc) is 2.61. The lowest BCUT2D eigenvalue weighted by molar-refractivity contribution is -0.132. The first-order chi connectivity index (χ1) is 12.4. The van der Waals surface area contributed by atoms with Crippen molar-refractivity contribution in [1.82, 2.24) is 5.32 Å². The Labute approximate surface area is 167 Å². The van der Waals surface area contributed by atoms with Crippen molar-refractivity contribution < 1.29 is 14.3 Å². The third-order valence-electron chi connectivity index (χ3n) is 3.24. The van der Waals surface area contributed by atoms with Crippen molar-refractivity contribution in [3.8, 4) is 11.8 Å². The van der Waals surface area contributed by atoms with Crippen molar-refractivity contribution in [2.24, 2.45) is 0 Å². The predicted molar refractivity (Wildman–Crippen MR) is 105 cm³/mol. The number of benzene rings is 2. The van der Waals surface area contributed by atoms with Gasteiger partial charge >= 0.3 is 5.97 Å². The average molecular weight is 478 g/mol. The number of nitrogens with one attached hydrogen (secondary N) is 1. The molecule has 1 amide bonds. The first kappa shape index (κ1) is 19.9. The molecule has 0 unspecified atom stereocenters. The van der Waals surface area contributed by atoms with E-state index < -0.39 is 11.9 Å². The molecule has 0 aliphatic rings. The maximum atomic E-state index is 12.2. The second-order valence-electron chi connectivity index (χ2n) is 5.25. The number of carbonyl (C=O) groups is 2. The summed E-state index contributed by atoms with van der Waals surface area (Å²) < 4.78 is 6.15. The van der Waals surface area contributed by atoms with Gasteiger partial charge in [-0.15, -0.1) is 0 Å². The third kappa shape index (κ3) is 5.55. The standard InChI is InChI=1S/C19H14Br2N2O3/c1-12(24)26-18-16(20)8-14(9-17(18)21)7-15(10-22)19(25)23-11-13-5-3-2-4-6-13/h2-9H,11H2,1H3,(H,23,25)/b15-7+. The van der Waals surface area contributed by atoms with Gasteiger partial charge in [-0.25, -0.2) is 0 Å². The molecule has 0 fully saturated rings. The van der Waals surface area contributed by atoms with E-state index >= 15 is 0 Å². The minimum atomic E-state index is -0.465. The number of hydrogen-bond donors (Lipinski definition) is 1. The van der Waals surface area contributed by atoms with Gasteiger partial charge in [0, 0.05) is 13.5 Å². The zero-order valence-corrected chi connectivity index (χ0v) is 16.9. The van der Waals surface area contributed by atoms with E-state index in [9.17, 15) is 14.9 Å². The Balaban J connectivity index is 2.18. The van der Waals surface area contributed by atoms with Gasteiger partial charge in [0.1, 0.15) is 11.6 Å². The molecule has 0 atom stereocenters. The van der Waals surface area contributed by atoms with Gasteiger partial charge in [0.25, 0.3) is 5.91 Å². The lowest BCUT2D eigenvalue weighted by Crippen LogP contribution is -2.23. The van der Waals surface area contributed by atoms with Gasteiger partial charge in [-0.05, 0) is 61.2 Å². The minimum Gasteiger partial charge on any atom is -0.424 e. The van der Waals surface area contributed by atoms with Crippen LogP contribution in [-0.4, -0.2) is 11.9 Å². The van der Waals surface area contributed by atoms with E-state index in [-0.39, 0.29) is 5.57 Å². The number of hydrogen-bond acceptors (Lipinski definition) is 4. The van der Waals surface area contributed by atoms with Crippen LogP contribution in [0.3, 0.4) is 0 Å². The summed E-state index contributed by atoms with van der Waals surface area (Å²) in [4.78, 5) is 23.4. The summed E-state index contributed by atoms with van der Waals surface area (Å²) in [6, 6.07) is 14.6. The number of nitriles is 1. The van der Waals surface area contributed by atoms with Crippen LogP contribution in [0.4, 0.5) is 0 Å². The maximum absolute atomic E-state index is 12.2. The predicted octanol–water partition coefficient (Wildman–Crippen LogP) is 4.36. The minimum absolute atomic E-state index is 0.0278. The summed E-state index contributed by atoms with van der Waals surface area (Å²) >= 11 is 6.63. The Hall–Kier alpha value is -2.43. The van der Waals surface area contributed by atoms with Crippen LogP contribution in [0.1, 0.15) is 18.1 Å². The van der Waals surface area contributed by atoms with Crippen LogP contribution in [0.5, 0.6) is 5.75 Å². The van der Waals surface area contributed by atoms with E-state index in [0.29, 0.717) is 26.8 Å². The highest BCUT2D eigenvalue weighted by Gasteiger charge is 2.13. The quantitative estimate of drug-likeness (QED) is 0.300. The first-order valence-electron chi connectivity index (χ1n) is 7.52. The largest absolute Gasteiger partial charge is 0.424 e. The molecule has 0 radical (unpaired) electrons. The van der Waals surface area contributed by atoms with Crippen LogP contribution in [0.25, 0.3) is 6.08 Å². The first-order valence-corrected chi connectivity index (χ1v) is 9.10. The number of halogens is 2. The molecule has 0 saturated heterocycles. The van der Waals surface area contributed by atoms with E-state index in [1.165, 1.54) is 13.0 Å². The Morgan fingerprint density at radius 3 is 2.35 bits per heavy atom. The molecule has 2 aromatic carbocycles. The molecule has 7 heteroatoms. The zero-order chi connectivity index (χ0) is 19.1. The van der Waals surface area contributed by atoms with Crippen molar-refractivity contribution in [3.63, 3.8) is 0 Å². The van der Waals surface area contributed by atoms with Crippen LogP contribution in [0.15, 0.2) is 57.0 Å². The fourth-order valence-corrected chi connectivity index (χ4v) is 3.48. The SMILES string of the molecule is CC(=O)Oc1c(Br)cc(/C=C(\C#N)C(=O)NCc2ccccc2)cc1Br. The highest BCUT2D eigenvalue weighted by atomic mass is 79.9. The molecule has 132 valence electrons. The summed E-state index contributed by atoms with van der Waals surface area (Å²) in [5.41, 5.74) is 1.51. The fraction of sp³-hybridized carbons (Fsp3) is 0.105. The Bertz CT molecular complexity index is 880. The van der Waals surface area contributed by atoms with Gasteiger partial charge in [0.2, 0.25) is 0 Å². The molecule has 26 heavy (non-hydrogen) atoms. The number of carbonyl (C=O) groups excluding carboxylic acids is 2. The number of esters is 1. The Morgan fingerprint density at radius 2 is 1.81 bits per heavy atom. The highest BCUT2D eigenvalue weighted by Crippen LogP contribution is 2.35. The number of nitrogens with zero attached hydrogens (tertiary/aromatic N) is 1. The highest BCUT2D eigenvalue weighted by molar-refractivity contribution is 9.11. The normalized spacial score (nSPS) is 10.8. The molecule has 1 N–H and O–H groups in total. The molecule has 0 aliphatic heterocycles. The molecular weight excluding hydrogens is 464 g/mol. The third-order valence-corrected chi connectivity index (χ3v) is 4.42. The molecule has 2 aromatic rings. The van der Waals surface area contributed by atoms with Crippen LogP contribution < -0.4 is 10.1 Å². The smallest absolute Gasteiger partial charge is 0.308 e. The summed E-state index contributed by atoms with van der Waals surface area (Å²) in [6.07, 6.45) is 1.47. The van der Waals surface area contributed by atoms with Gasteiger partial charge < -0.3 is 10.1 Å². The summed E-state index contributed by atoms with van der Waals surface area (Å²) in [5, 5.41) is 12.0. The van der Waals surface area contributed by atoms with E-state index in [2.05, 4.69) is 37.2 Å². The summed E-state index contributed by atoms with van der Waals surface area (Å²) in [7, 11) is 0. The van der Waals surface area contributed by atoms with E-state index in [1.807, 2.05) is 36.4 Å². The molecule has 0 aromatic heterocycles. The molecule has 0 aliphatic carbocycles. The fourth-order valence-electron chi connectivity index (χ4n) is 2.09.